The highest BCUT2D eigenvalue weighted by Gasteiger charge is 2.23. The summed E-state index contributed by atoms with van der Waals surface area (Å²) in [6.07, 6.45) is 0. The maximum absolute atomic E-state index is 13.0. The molecular formula is C22H23N3O4S2. The summed E-state index contributed by atoms with van der Waals surface area (Å²) in [7, 11) is -3.71. The number of carbonyl (C=O) groups excluding carboxylic acids is 2. The van der Waals surface area contributed by atoms with E-state index in [1.54, 1.807) is 13.8 Å². The molecule has 7 nitrogen and oxygen atoms in total. The number of benzene rings is 2. The van der Waals surface area contributed by atoms with Crippen molar-refractivity contribution in [3.05, 3.63) is 76.3 Å². The van der Waals surface area contributed by atoms with Gasteiger partial charge >= 0.3 is 0 Å². The van der Waals surface area contributed by atoms with Gasteiger partial charge in [-0.05, 0) is 36.8 Å². The van der Waals surface area contributed by atoms with Gasteiger partial charge in [-0.2, -0.15) is 4.31 Å². The van der Waals surface area contributed by atoms with Crippen LogP contribution in [-0.2, 0) is 16.6 Å². The molecule has 31 heavy (non-hydrogen) atoms. The number of sulfonamides is 1. The van der Waals surface area contributed by atoms with Crippen LogP contribution in [0.3, 0.4) is 0 Å². The van der Waals surface area contributed by atoms with Gasteiger partial charge < -0.3 is 0 Å². The fourth-order valence-corrected chi connectivity index (χ4v) is 5.32. The lowest BCUT2D eigenvalue weighted by Gasteiger charge is -2.20. The highest BCUT2D eigenvalue weighted by Crippen LogP contribution is 2.24. The second-order valence-electron chi connectivity index (χ2n) is 6.89. The smallest absolute Gasteiger partial charge is 0.257 e. The molecule has 9 heteroatoms. The number of aromatic nitrogens is 1. The summed E-state index contributed by atoms with van der Waals surface area (Å²) in [6, 6.07) is 15.1. The molecule has 1 heterocycles. The van der Waals surface area contributed by atoms with Gasteiger partial charge in [0, 0.05) is 25.6 Å². The van der Waals surface area contributed by atoms with Crippen molar-refractivity contribution >= 4 is 38.2 Å². The van der Waals surface area contributed by atoms with Crippen molar-refractivity contribution in [2.24, 2.45) is 0 Å². The predicted molar refractivity (Wildman–Crippen MR) is 121 cm³/mol. The average Bonchev–Trinajstić information content (AvgIpc) is 3.13. The Morgan fingerprint density at radius 2 is 1.71 bits per heavy atom. The zero-order valence-electron chi connectivity index (χ0n) is 17.5. The number of Topliss-reactive ketones (excluding diaryl/α,β-unsaturated/α-hetero) is 1. The van der Waals surface area contributed by atoms with Crippen LogP contribution in [0.2, 0.25) is 0 Å². The summed E-state index contributed by atoms with van der Waals surface area (Å²) in [5, 5.41) is 2.98. The highest BCUT2D eigenvalue weighted by atomic mass is 32.2. The molecule has 0 atom stereocenters. The fourth-order valence-electron chi connectivity index (χ4n) is 3.03. The minimum absolute atomic E-state index is 0.110. The van der Waals surface area contributed by atoms with Gasteiger partial charge in [0.15, 0.2) is 10.9 Å². The summed E-state index contributed by atoms with van der Waals surface area (Å²) in [5.41, 5.74) is 1.75. The molecular weight excluding hydrogens is 434 g/mol. The Balaban J connectivity index is 1.75. The lowest BCUT2D eigenvalue weighted by atomic mass is 10.2. The molecule has 0 bridgehead atoms. The van der Waals surface area contributed by atoms with Crippen LogP contribution in [0, 0.1) is 6.92 Å². The second kappa shape index (κ2) is 9.51. The minimum atomic E-state index is -3.71. The number of rotatable bonds is 8. The Bertz CT molecular complexity index is 1190. The normalized spacial score (nSPS) is 11.5. The van der Waals surface area contributed by atoms with Crippen molar-refractivity contribution in [1.29, 1.82) is 0 Å². The second-order valence-corrected chi connectivity index (χ2v) is 9.82. The van der Waals surface area contributed by atoms with E-state index in [4.69, 9.17) is 0 Å². The van der Waals surface area contributed by atoms with E-state index in [0.717, 1.165) is 16.9 Å². The summed E-state index contributed by atoms with van der Waals surface area (Å²) in [4.78, 5) is 28.9. The van der Waals surface area contributed by atoms with Crippen molar-refractivity contribution in [1.82, 2.24) is 9.29 Å². The maximum Gasteiger partial charge on any atom is 0.257 e. The first-order valence-electron chi connectivity index (χ1n) is 9.66. The first-order chi connectivity index (χ1) is 14.7. The van der Waals surface area contributed by atoms with E-state index < -0.39 is 15.9 Å². The molecule has 1 N–H and O–H groups in total. The van der Waals surface area contributed by atoms with E-state index in [1.807, 2.05) is 30.3 Å². The van der Waals surface area contributed by atoms with Gasteiger partial charge in [0.1, 0.15) is 0 Å². The molecule has 0 radical (unpaired) electrons. The Labute approximate surface area is 185 Å². The molecule has 0 fully saturated rings. The Morgan fingerprint density at radius 3 is 2.26 bits per heavy atom. The van der Waals surface area contributed by atoms with E-state index in [2.05, 4.69) is 10.3 Å². The zero-order chi connectivity index (χ0) is 22.6. The van der Waals surface area contributed by atoms with Crippen LogP contribution in [0.15, 0.2) is 59.5 Å². The summed E-state index contributed by atoms with van der Waals surface area (Å²) < 4.78 is 27.4. The van der Waals surface area contributed by atoms with E-state index in [9.17, 15) is 18.0 Å². The Morgan fingerprint density at radius 1 is 1.06 bits per heavy atom. The lowest BCUT2D eigenvalue weighted by molar-refractivity contribution is 0.101. The Kier molecular flexibility index (Phi) is 6.99. The number of anilines is 1. The number of hydrogen-bond acceptors (Lipinski definition) is 6. The van der Waals surface area contributed by atoms with Crippen molar-refractivity contribution in [2.75, 3.05) is 11.9 Å². The molecule has 1 aromatic heterocycles. The molecule has 0 aliphatic rings. The molecule has 2 aromatic carbocycles. The highest BCUT2D eigenvalue weighted by molar-refractivity contribution is 7.89. The monoisotopic (exact) mass is 457 g/mol. The minimum Gasteiger partial charge on any atom is -0.298 e. The number of carbonyl (C=O) groups is 2. The molecule has 0 saturated heterocycles. The van der Waals surface area contributed by atoms with Crippen LogP contribution in [0.25, 0.3) is 0 Å². The van der Waals surface area contributed by atoms with E-state index in [0.29, 0.717) is 27.8 Å². The quantitative estimate of drug-likeness (QED) is 0.513. The van der Waals surface area contributed by atoms with Crippen LogP contribution in [0.1, 0.15) is 45.1 Å². The molecule has 1 amide bonds. The van der Waals surface area contributed by atoms with Gasteiger partial charge in [-0.25, -0.2) is 13.4 Å². The SMILES string of the molecule is CCN(Cc1ccccc1)S(=O)(=O)c1ccc(C(=O)Nc2nc(C)c(C(C)=O)s2)cc1. The van der Waals surface area contributed by atoms with Crippen molar-refractivity contribution in [2.45, 2.75) is 32.2 Å². The van der Waals surface area contributed by atoms with Crippen molar-refractivity contribution in [3.8, 4) is 0 Å². The molecule has 0 unspecified atom stereocenters. The van der Waals surface area contributed by atoms with Gasteiger partial charge in [-0.15, -0.1) is 0 Å². The molecule has 0 saturated carbocycles. The Hall–Kier alpha value is -2.88. The summed E-state index contributed by atoms with van der Waals surface area (Å²) in [5.74, 6) is -0.537. The fraction of sp³-hybridized carbons (Fsp3) is 0.227. The molecule has 0 aliphatic carbocycles. The number of aryl methyl sites for hydroxylation is 1. The number of nitrogens with one attached hydrogen (secondary N) is 1. The number of nitrogens with zero attached hydrogens (tertiary/aromatic N) is 2. The van der Waals surface area contributed by atoms with Gasteiger partial charge in [-0.1, -0.05) is 48.6 Å². The number of amides is 1. The van der Waals surface area contributed by atoms with Gasteiger partial charge in [0.05, 0.1) is 15.5 Å². The number of ketones is 1. The van der Waals surface area contributed by atoms with Gasteiger partial charge in [0.25, 0.3) is 5.91 Å². The molecule has 0 spiro atoms. The maximum atomic E-state index is 13.0. The summed E-state index contributed by atoms with van der Waals surface area (Å²) in [6.45, 7) is 5.53. The third-order valence-electron chi connectivity index (χ3n) is 4.65. The zero-order valence-corrected chi connectivity index (χ0v) is 19.1. The largest absolute Gasteiger partial charge is 0.298 e. The number of thiazole rings is 1. The van der Waals surface area contributed by atoms with Crippen molar-refractivity contribution in [3.63, 3.8) is 0 Å². The van der Waals surface area contributed by atoms with E-state index >= 15 is 0 Å². The van der Waals surface area contributed by atoms with E-state index in [-0.39, 0.29) is 17.2 Å². The number of hydrogen-bond donors (Lipinski definition) is 1. The van der Waals surface area contributed by atoms with Crippen LogP contribution in [0.4, 0.5) is 5.13 Å². The molecule has 3 rings (SSSR count). The lowest BCUT2D eigenvalue weighted by Crippen LogP contribution is -2.30. The van der Waals surface area contributed by atoms with Gasteiger partial charge in [-0.3, -0.25) is 14.9 Å². The van der Waals surface area contributed by atoms with Crippen LogP contribution >= 0.6 is 11.3 Å². The molecule has 3 aromatic rings. The third-order valence-corrected chi connectivity index (χ3v) is 7.75. The van der Waals surface area contributed by atoms with Crippen LogP contribution in [0.5, 0.6) is 0 Å². The predicted octanol–water partition coefficient (Wildman–Crippen LogP) is 4.12. The van der Waals surface area contributed by atoms with Crippen molar-refractivity contribution < 1.29 is 18.0 Å². The molecule has 0 aliphatic heterocycles. The van der Waals surface area contributed by atoms with Gasteiger partial charge in [0.2, 0.25) is 10.0 Å². The van der Waals surface area contributed by atoms with E-state index in [1.165, 1.54) is 35.5 Å². The average molecular weight is 458 g/mol. The standard InChI is InChI=1S/C22H23N3O4S2/c1-4-25(14-17-8-6-5-7-9-17)31(28,29)19-12-10-18(11-13-19)21(27)24-22-23-15(2)20(30-22)16(3)26/h5-13H,4,14H2,1-3H3,(H,23,24,27). The third kappa shape index (κ3) is 5.25. The van der Waals surface area contributed by atoms with Crippen LogP contribution in [-0.4, -0.2) is 35.9 Å². The first-order valence-corrected chi connectivity index (χ1v) is 11.9. The summed E-state index contributed by atoms with van der Waals surface area (Å²) >= 11 is 1.11. The first kappa shape index (κ1) is 22.8. The molecule has 162 valence electrons. The topological polar surface area (TPSA) is 96.4 Å². The van der Waals surface area contributed by atoms with Crippen LogP contribution < -0.4 is 5.32 Å².